The van der Waals surface area contributed by atoms with Gasteiger partial charge in [-0.25, -0.2) is 4.98 Å². The molecule has 0 aliphatic carbocycles. The Morgan fingerprint density at radius 2 is 2.41 bits per heavy atom. The number of hydrogen-bond donors (Lipinski definition) is 1. The summed E-state index contributed by atoms with van der Waals surface area (Å²) in [5.41, 5.74) is 7.31. The summed E-state index contributed by atoms with van der Waals surface area (Å²) in [4.78, 5) is 4.21. The molecule has 17 heavy (non-hydrogen) atoms. The van der Waals surface area contributed by atoms with Crippen molar-refractivity contribution in [2.75, 3.05) is 6.61 Å². The van der Waals surface area contributed by atoms with E-state index in [-0.39, 0.29) is 6.04 Å². The predicted molar refractivity (Wildman–Crippen MR) is 67.6 cm³/mol. The predicted octanol–water partition coefficient (Wildman–Crippen LogP) is 2.11. The van der Waals surface area contributed by atoms with Crippen LogP contribution in [0.3, 0.4) is 0 Å². The largest absolute Gasteiger partial charge is 0.378 e. The Kier molecular flexibility index (Phi) is 4.18. The summed E-state index contributed by atoms with van der Waals surface area (Å²) in [6.45, 7) is 6.16. The fourth-order valence-electron chi connectivity index (χ4n) is 2.29. The highest BCUT2D eigenvalue weighted by Gasteiger charge is 2.18. The molecule has 1 aliphatic rings. The molecule has 1 aromatic rings. The van der Waals surface area contributed by atoms with Gasteiger partial charge in [0.2, 0.25) is 0 Å². The molecule has 0 amide bonds. The van der Waals surface area contributed by atoms with Crippen molar-refractivity contribution in [3.63, 3.8) is 0 Å². The first-order chi connectivity index (χ1) is 8.18. The second kappa shape index (κ2) is 5.65. The zero-order valence-corrected chi connectivity index (χ0v) is 10.8. The number of aryl methyl sites for hydroxylation is 1. The van der Waals surface area contributed by atoms with Crippen LogP contribution in [0.1, 0.15) is 44.8 Å². The minimum Gasteiger partial charge on any atom is -0.378 e. The molecule has 1 aliphatic heterocycles. The third kappa shape index (κ3) is 3.07. The van der Waals surface area contributed by atoms with Gasteiger partial charge in [-0.15, -0.1) is 0 Å². The van der Waals surface area contributed by atoms with Crippen molar-refractivity contribution in [1.29, 1.82) is 0 Å². The van der Waals surface area contributed by atoms with Crippen LogP contribution < -0.4 is 5.73 Å². The summed E-state index contributed by atoms with van der Waals surface area (Å²) in [5.74, 6) is 0.438. The van der Waals surface area contributed by atoms with Crippen LogP contribution in [0.15, 0.2) is 12.5 Å². The number of nitrogens with zero attached hydrogens (tertiary/aromatic N) is 2. The zero-order chi connectivity index (χ0) is 12.3. The van der Waals surface area contributed by atoms with Crippen LogP contribution in [0.4, 0.5) is 0 Å². The lowest BCUT2D eigenvalue weighted by atomic mass is 10.0. The minimum absolute atomic E-state index is 0.0713. The van der Waals surface area contributed by atoms with Gasteiger partial charge in [0.05, 0.1) is 18.1 Å². The molecule has 0 aromatic carbocycles. The molecule has 1 fully saturated rings. The summed E-state index contributed by atoms with van der Waals surface area (Å²) in [6.07, 6.45) is 7.66. The zero-order valence-electron chi connectivity index (χ0n) is 10.8. The van der Waals surface area contributed by atoms with Crippen LogP contribution in [0.5, 0.6) is 0 Å². The third-order valence-electron chi connectivity index (χ3n) is 3.52. The Morgan fingerprint density at radius 3 is 3.06 bits per heavy atom. The van der Waals surface area contributed by atoms with Crippen molar-refractivity contribution in [2.45, 2.75) is 51.8 Å². The molecule has 2 unspecified atom stereocenters. The van der Waals surface area contributed by atoms with E-state index in [4.69, 9.17) is 10.5 Å². The molecule has 2 heterocycles. The summed E-state index contributed by atoms with van der Waals surface area (Å²) >= 11 is 0. The number of imidazole rings is 1. The Balaban J connectivity index is 1.93. The maximum atomic E-state index is 6.17. The lowest BCUT2D eigenvalue weighted by Gasteiger charge is -2.18. The van der Waals surface area contributed by atoms with E-state index in [0.29, 0.717) is 12.0 Å². The molecule has 2 N–H and O–H groups in total. The number of nitrogens with two attached hydrogens (primary N) is 1. The first-order valence-electron chi connectivity index (χ1n) is 6.55. The lowest BCUT2D eigenvalue weighted by Crippen LogP contribution is -2.21. The van der Waals surface area contributed by atoms with Crippen molar-refractivity contribution in [1.82, 2.24) is 9.55 Å². The van der Waals surface area contributed by atoms with E-state index >= 15 is 0 Å². The van der Waals surface area contributed by atoms with E-state index in [0.717, 1.165) is 25.3 Å². The third-order valence-corrected chi connectivity index (χ3v) is 3.52. The van der Waals surface area contributed by atoms with Crippen LogP contribution in [0, 0.1) is 5.92 Å². The van der Waals surface area contributed by atoms with E-state index in [9.17, 15) is 0 Å². The van der Waals surface area contributed by atoms with Gasteiger partial charge in [0.15, 0.2) is 0 Å². The molecule has 1 aromatic heterocycles. The van der Waals surface area contributed by atoms with Gasteiger partial charge in [-0.2, -0.15) is 0 Å². The number of rotatable bonds is 5. The van der Waals surface area contributed by atoms with Gasteiger partial charge in [-0.05, 0) is 25.2 Å². The van der Waals surface area contributed by atoms with E-state index in [1.807, 2.05) is 12.5 Å². The van der Waals surface area contributed by atoms with Crippen LogP contribution in [0.25, 0.3) is 0 Å². The summed E-state index contributed by atoms with van der Waals surface area (Å²) < 4.78 is 7.81. The molecule has 4 heteroatoms. The van der Waals surface area contributed by atoms with Gasteiger partial charge < -0.3 is 15.0 Å². The smallest absolute Gasteiger partial charge is 0.0948 e. The van der Waals surface area contributed by atoms with Crippen LogP contribution in [-0.2, 0) is 11.3 Å². The number of aromatic nitrogens is 2. The van der Waals surface area contributed by atoms with Crippen LogP contribution >= 0.6 is 0 Å². The molecule has 2 rings (SSSR count). The molecule has 4 nitrogen and oxygen atoms in total. The SMILES string of the molecule is CC(C)C(N)c1cncn1CCC1CCCO1. The van der Waals surface area contributed by atoms with Crippen molar-refractivity contribution in [2.24, 2.45) is 11.7 Å². The Labute approximate surface area is 103 Å². The van der Waals surface area contributed by atoms with Gasteiger partial charge in [-0.1, -0.05) is 13.8 Å². The Bertz CT molecular complexity index is 342. The van der Waals surface area contributed by atoms with Gasteiger partial charge in [0, 0.05) is 25.4 Å². The standard InChI is InChI=1S/C13H23N3O/c1-10(2)13(14)12-8-15-9-16(12)6-5-11-4-3-7-17-11/h8-11,13H,3-7,14H2,1-2H3. The lowest BCUT2D eigenvalue weighted by molar-refractivity contribution is 0.100. The summed E-state index contributed by atoms with van der Waals surface area (Å²) in [7, 11) is 0. The maximum absolute atomic E-state index is 6.17. The summed E-state index contributed by atoms with van der Waals surface area (Å²) in [5, 5.41) is 0. The van der Waals surface area contributed by atoms with Crippen molar-refractivity contribution < 1.29 is 4.74 Å². The maximum Gasteiger partial charge on any atom is 0.0948 e. The van der Waals surface area contributed by atoms with Crippen molar-refractivity contribution >= 4 is 0 Å². The minimum atomic E-state index is 0.0713. The van der Waals surface area contributed by atoms with E-state index in [1.165, 1.54) is 12.8 Å². The van der Waals surface area contributed by atoms with Crippen molar-refractivity contribution in [3.8, 4) is 0 Å². The number of ether oxygens (including phenoxy) is 1. The molecule has 0 radical (unpaired) electrons. The Hall–Kier alpha value is -0.870. The quantitative estimate of drug-likeness (QED) is 0.853. The molecular weight excluding hydrogens is 214 g/mol. The van der Waals surface area contributed by atoms with Crippen LogP contribution in [0.2, 0.25) is 0 Å². The van der Waals surface area contributed by atoms with Gasteiger partial charge in [0.25, 0.3) is 0 Å². The van der Waals surface area contributed by atoms with Crippen molar-refractivity contribution in [3.05, 3.63) is 18.2 Å². The number of hydrogen-bond acceptors (Lipinski definition) is 3. The molecule has 0 saturated carbocycles. The first kappa shape index (κ1) is 12.6. The average Bonchev–Trinajstić information content (AvgIpc) is 2.96. The van der Waals surface area contributed by atoms with Gasteiger partial charge >= 0.3 is 0 Å². The molecular formula is C13H23N3O. The van der Waals surface area contributed by atoms with E-state index < -0.39 is 0 Å². The highest BCUT2D eigenvalue weighted by molar-refractivity contribution is 5.05. The molecule has 1 saturated heterocycles. The molecule has 0 spiro atoms. The highest BCUT2D eigenvalue weighted by Crippen LogP contribution is 2.20. The average molecular weight is 237 g/mol. The normalized spacial score (nSPS) is 22.2. The summed E-state index contributed by atoms with van der Waals surface area (Å²) in [6, 6.07) is 0.0713. The van der Waals surface area contributed by atoms with Gasteiger partial charge in [0.1, 0.15) is 0 Å². The van der Waals surface area contributed by atoms with Crippen LogP contribution in [-0.4, -0.2) is 22.3 Å². The monoisotopic (exact) mass is 237 g/mol. The fourth-order valence-corrected chi connectivity index (χ4v) is 2.29. The van der Waals surface area contributed by atoms with E-state index in [2.05, 4.69) is 23.4 Å². The Morgan fingerprint density at radius 1 is 1.59 bits per heavy atom. The fraction of sp³-hybridized carbons (Fsp3) is 0.769. The molecule has 96 valence electrons. The second-order valence-electron chi connectivity index (χ2n) is 5.21. The van der Waals surface area contributed by atoms with E-state index in [1.54, 1.807) is 0 Å². The topological polar surface area (TPSA) is 53.1 Å². The first-order valence-corrected chi connectivity index (χ1v) is 6.55. The molecule has 0 bridgehead atoms. The van der Waals surface area contributed by atoms with Gasteiger partial charge in [-0.3, -0.25) is 0 Å². The molecule has 2 atom stereocenters. The second-order valence-corrected chi connectivity index (χ2v) is 5.21. The highest BCUT2D eigenvalue weighted by atomic mass is 16.5.